The lowest BCUT2D eigenvalue weighted by atomic mass is 10.2. The number of hydrogen-bond donors (Lipinski definition) is 0. The first-order valence-corrected chi connectivity index (χ1v) is 5.91. The highest BCUT2D eigenvalue weighted by Gasteiger charge is 2.06. The first-order valence-electron chi connectivity index (χ1n) is 5.53. The van der Waals surface area contributed by atoms with Crippen molar-refractivity contribution >= 4 is 17.9 Å². The zero-order valence-electron chi connectivity index (χ0n) is 9.56. The fourth-order valence-corrected chi connectivity index (χ4v) is 1.96. The number of aldehydes is 1. The van der Waals surface area contributed by atoms with Crippen LogP contribution in [0, 0.1) is 0 Å². The Labute approximate surface area is 105 Å². The van der Waals surface area contributed by atoms with Crippen LogP contribution in [0.1, 0.15) is 29.5 Å². The van der Waals surface area contributed by atoms with Crippen LogP contribution in [0.15, 0.2) is 30.6 Å². The molecule has 0 spiro atoms. The average molecular weight is 249 g/mol. The summed E-state index contributed by atoms with van der Waals surface area (Å²) in [5.74, 6) is 1.00. The summed E-state index contributed by atoms with van der Waals surface area (Å²) < 4.78 is 1.99. The number of imidazole rings is 1. The summed E-state index contributed by atoms with van der Waals surface area (Å²) in [4.78, 5) is 15.0. The fourth-order valence-electron chi connectivity index (χ4n) is 1.74. The third-order valence-corrected chi connectivity index (χ3v) is 2.91. The maximum atomic E-state index is 10.7. The molecule has 3 nitrogen and oxygen atoms in total. The van der Waals surface area contributed by atoms with Gasteiger partial charge in [-0.15, -0.1) is 0 Å². The Kier molecular flexibility index (Phi) is 3.59. The van der Waals surface area contributed by atoms with Crippen LogP contribution >= 0.6 is 11.6 Å². The number of aromatic nitrogens is 2. The van der Waals surface area contributed by atoms with Gasteiger partial charge < -0.3 is 4.57 Å². The van der Waals surface area contributed by atoms with Crippen molar-refractivity contribution < 1.29 is 4.79 Å². The van der Waals surface area contributed by atoms with Gasteiger partial charge in [0.1, 0.15) is 5.82 Å². The number of hydrogen-bond acceptors (Lipinski definition) is 2. The van der Waals surface area contributed by atoms with E-state index in [4.69, 9.17) is 11.6 Å². The molecule has 0 aliphatic rings. The molecule has 2 aromatic rings. The van der Waals surface area contributed by atoms with Crippen molar-refractivity contribution in [2.24, 2.45) is 0 Å². The first-order chi connectivity index (χ1) is 8.26. The number of rotatable bonds is 4. The normalized spacial score (nSPS) is 10.5. The molecule has 0 unspecified atom stereocenters. The van der Waals surface area contributed by atoms with Gasteiger partial charge in [0.25, 0.3) is 0 Å². The summed E-state index contributed by atoms with van der Waals surface area (Å²) in [6, 6.07) is 5.38. The van der Waals surface area contributed by atoms with E-state index in [1.165, 1.54) is 0 Å². The smallest absolute Gasteiger partial charge is 0.151 e. The predicted molar refractivity (Wildman–Crippen MR) is 68.0 cm³/mol. The van der Waals surface area contributed by atoms with Crippen LogP contribution in [-0.4, -0.2) is 15.8 Å². The molecule has 1 aromatic carbocycles. The van der Waals surface area contributed by atoms with E-state index in [1.807, 2.05) is 16.8 Å². The molecule has 4 heteroatoms. The first kappa shape index (κ1) is 11.9. The maximum absolute atomic E-state index is 10.7. The molecule has 88 valence electrons. The van der Waals surface area contributed by atoms with Gasteiger partial charge >= 0.3 is 0 Å². The average Bonchev–Trinajstić information content (AvgIpc) is 2.78. The van der Waals surface area contributed by atoms with Crippen molar-refractivity contribution in [3.05, 3.63) is 47.0 Å². The standard InChI is InChI=1S/C13H13ClN2O/c1-2-3-13-15-6-7-16(13)11-5-4-10(9-17)12(14)8-11/h4-9H,2-3H2,1H3. The quantitative estimate of drug-likeness (QED) is 0.779. The van der Waals surface area contributed by atoms with Crippen molar-refractivity contribution in [3.63, 3.8) is 0 Å². The summed E-state index contributed by atoms with van der Waals surface area (Å²) in [5, 5.41) is 0.466. The number of nitrogens with zero attached hydrogens (tertiary/aromatic N) is 2. The minimum absolute atomic E-state index is 0.466. The summed E-state index contributed by atoms with van der Waals surface area (Å²) >= 11 is 6.01. The molecule has 0 saturated carbocycles. The Hall–Kier alpha value is -1.61. The molecule has 0 aliphatic heterocycles. The third kappa shape index (κ3) is 2.39. The molecule has 0 radical (unpaired) electrons. The Morgan fingerprint density at radius 1 is 1.47 bits per heavy atom. The van der Waals surface area contributed by atoms with Crippen LogP contribution in [0.5, 0.6) is 0 Å². The van der Waals surface area contributed by atoms with Crippen LogP contribution in [0.4, 0.5) is 0 Å². The highest BCUT2D eigenvalue weighted by molar-refractivity contribution is 6.33. The third-order valence-electron chi connectivity index (χ3n) is 2.58. The van der Waals surface area contributed by atoms with Crippen LogP contribution in [0.2, 0.25) is 5.02 Å². The minimum atomic E-state index is 0.466. The molecule has 0 aliphatic carbocycles. The van der Waals surface area contributed by atoms with Gasteiger partial charge in [0.15, 0.2) is 6.29 Å². The van der Waals surface area contributed by atoms with E-state index in [0.717, 1.165) is 30.6 Å². The number of carbonyl (C=O) groups is 1. The summed E-state index contributed by atoms with van der Waals surface area (Å²) in [6.45, 7) is 2.11. The van der Waals surface area contributed by atoms with E-state index in [-0.39, 0.29) is 0 Å². The van der Waals surface area contributed by atoms with E-state index < -0.39 is 0 Å². The second kappa shape index (κ2) is 5.15. The van der Waals surface area contributed by atoms with Gasteiger partial charge in [0.2, 0.25) is 0 Å². The molecule has 2 rings (SSSR count). The molecule has 17 heavy (non-hydrogen) atoms. The van der Waals surface area contributed by atoms with Crippen molar-refractivity contribution in [2.45, 2.75) is 19.8 Å². The van der Waals surface area contributed by atoms with Gasteiger partial charge in [-0.25, -0.2) is 4.98 Å². The number of halogens is 1. The molecule has 0 amide bonds. The van der Waals surface area contributed by atoms with E-state index >= 15 is 0 Å². The minimum Gasteiger partial charge on any atom is -0.304 e. The topological polar surface area (TPSA) is 34.9 Å². The number of aryl methyl sites for hydroxylation is 1. The zero-order valence-corrected chi connectivity index (χ0v) is 10.3. The molecule has 0 bridgehead atoms. The SMILES string of the molecule is CCCc1nccn1-c1ccc(C=O)c(Cl)c1. The lowest BCUT2D eigenvalue weighted by Gasteiger charge is -2.08. The zero-order chi connectivity index (χ0) is 12.3. The molecule has 0 atom stereocenters. The number of carbonyl (C=O) groups excluding carboxylic acids is 1. The van der Waals surface area contributed by atoms with Crippen molar-refractivity contribution in [1.29, 1.82) is 0 Å². The van der Waals surface area contributed by atoms with Crippen molar-refractivity contribution in [1.82, 2.24) is 9.55 Å². The molecule has 1 aromatic heterocycles. The molecular formula is C13H13ClN2O. The van der Waals surface area contributed by atoms with Crippen molar-refractivity contribution in [2.75, 3.05) is 0 Å². The van der Waals surface area contributed by atoms with Gasteiger partial charge in [-0.05, 0) is 24.6 Å². The second-order valence-corrected chi connectivity index (χ2v) is 4.19. The summed E-state index contributed by atoms with van der Waals surface area (Å²) in [6.07, 6.45) is 6.38. The summed E-state index contributed by atoms with van der Waals surface area (Å²) in [7, 11) is 0. The second-order valence-electron chi connectivity index (χ2n) is 3.79. The van der Waals surface area contributed by atoms with Gasteiger partial charge in [0.05, 0.1) is 5.02 Å². The van der Waals surface area contributed by atoms with Gasteiger partial charge in [-0.1, -0.05) is 18.5 Å². The monoisotopic (exact) mass is 248 g/mol. The highest BCUT2D eigenvalue weighted by atomic mass is 35.5. The van der Waals surface area contributed by atoms with Gasteiger partial charge in [-0.3, -0.25) is 4.79 Å². The van der Waals surface area contributed by atoms with Crippen molar-refractivity contribution in [3.8, 4) is 5.69 Å². The molecular weight excluding hydrogens is 236 g/mol. The van der Waals surface area contributed by atoms with Gasteiger partial charge in [0, 0.05) is 30.1 Å². The highest BCUT2D eigenvalue weighted by Crippen LogP contribution is 2.20. The van der Waals surface area contributed by atoms with Gasteiger partial charge in [-0.2, -0.15) is 0 Å². The van der Waals surface area contributed by atoms with Crippen LogP contribution in [0.25, 0.3) is 5.69 Å². The lowest BCUT2D eigenvalue weighted by molar-refractivity contribution is 0.112. The summed E-state index contributed by atoms with van der Waals surface area (Å²) in [5.41, 5.74) is 1.44. The van der Waals surface area contributed by atoms with E-state index in [1.54, 1.807) is 18.3 Å². The Morgan fingerprint density at radius 3 is 2.94 bits per heavy atom. The Balaban J connectivity index is 2.42. The van der Waals surface area contributed by atoms with E-state index in [9.17, 15) is 4.79 Å². The molecule has 0 N–H and O–H groups in total. The molecule has 0 fully saturated rings. The van der Waals surface area contributed by atoms with E-state index in [0.29, 0.717) is 10.6 Å². The Bertz CT molecular complexity index is 534. The largest absolute Gasteiger partial charge is 0.304 e. The lowest BCUT2D eigenvalue weighted by Crippen LogP contribution is -2.00. The fraction of sp³-hybridized carbons (Fsp3) is 0.231. The van der Waals surface area contributed by atoms with E-state index in [2.05, 4.69) is 11.9 Å². The van der Waals surface area contributed by atoms with Crippen LogP contribution < -0.4 is 0 Å². The maximum Gasteiger partial charge on any atom is 0.151 e. The predicted octanol–water partition coefficient (Wildman–Crippen LogP) is 3.29. The van der Waals surface area contributed by atoms with Crippen LogP contribution in [0.3, 0.4) is 0 Å². The number of benzene rings is 1. The Morgan fingerprint density at radius 2 is 2.29 bits per heavy atom. The molecule has 0 saturated heterocycles. The molecule has 1 heterocycles. The van der Waals surface area contributed by atoms with Crippen LogP contribution in [-0.2, 0) is 6.42 Å².